The minimum atomic E-state index is 0.0530. The number of nitrogens with one attached hydrogen (secondary N) is 1. The number of benzene rings is 1. The van der Waals surface area contributed by atoms with Crippen LogP contribution in [0.25, 0.3) is 0 Å². The second-order valence-corrected chi connectivity index (χ2v) is 6.86. The molecule has 0 radical (unpaired) electrons. The first-order valence-electron chi connectivity index (χ1n) is 9.06. The molecule has 3 heterocycles. The van der Waals surface area contributed by atoms with Crippen LogP contribution in [0.2, 0.25) is 0 Å². The topological polar surface area (TPSA) is 84.5 Å². The third-order valence-electron chi connectivity index (χ3n) is 5.17. The van der Waals surface area contributed by atoms with Crippen LogP contribution in [0, 0.1) is 5.41 Å². The van der Waals surface area contributed by atoms with E-state index in [0.717, 1.165) is 31.4 Å². The largest absolute Gasteiger partial charge is 0.474 e. The maximum absolute atomic E-state index is 8.86. The smallest absolute Gasteiger partial charge is 0.225 e. The molecule has 0 spiro atoms. The summed E-state index contributed by atoms with van der Waals surface area (Å²) in [6.45, 7) is 2.35. The van der Waals surface area contributed by atoms with Gasteiger partial charge in [-0.2, -0.15) is 0 Å². The van der Waals surface area contributed by atoms with Gasteiger partial charge in [-0.05, 0) is 24.1 Å². The van der Waals surface area contributed by atoms with Crippen molar-refractivity contribution < 1.29 is 9.47 Å². The van der Waals surface area contributed by atoms with Gasteiger partial charge in [0.25, 0.3) is 0 Å². The summed E-state index contributed by atoms with van der Waals surface area (Å²) in [5.74, 6) is 0.450. The fraction of sp³-hybridized carbons (Fsp3) is 0.400. The second-order valence-electron chi connectivity index (χ2n) is 6.86. The highest BCUT2D eigenvalue weighted by Crippen LogP contribution is 2.34. The fourth-order valence-electron chi connectivity index (χ4n) is 3.71. The van der Waals surface area contributed by atoms with E-state index < -0.39 is 0 Å². The van der Waals surface area contributed by atoms with Crippen molar-refractivity contribution in [2.45, 2.75) is 25.4 Å². The van der Waals surface area contributed by atoms with Crippen LogP contribution in [0.15, 0.2) is 30.5 Å². The van der Waals surface area contributed by atoms with E-state index in [1.165, 1.54) is 11.3 Å². The molecule has 2 aliphatic heterocycles. The van der Waals surface area contributed by atoms with E-state index in [-0.39, 0.29) is 6.10 Å². The molecule has 0 aliphatic carbocycles. The molecule has 6 nitrogen and oxygen atoms in total. The Morgan fingerprint density at radius 1 is 1.31 bits per heavy atom. The van der Waals surface area contributed by atoms with E-state index in [4.69, 9.17) is 20.6 Å². The molecule has 0 unspecified atom stereocenters. The highest BCUT2D eigenvalue weighted by molar-refractivity contribution is 6.16. The predicted octanol–water partition coefficient (Wildman–Crippen LogP) is 2.63. The molecule has 136 valence electrons. The number of fused-ring (bicyclic) bond motifs is 1. The van der Waals surface area contributed by atoms with Crippen LogP contribution >= 0.6 is 0 Å². The van der Waals surface area contributed by atoms with E-state index in [1.54, 1.807) is 12.3 Å². The lowest BCUT2D eigenvalue weighted by molar-refractivity contribution is 0.0237. The first-order chi connectivity index (χ1) is 12.6. The lowest BCUT2D eigenvalue weighted by Crippen LogP contribution is -2.27. The maximum Gasteiger partial charge on any atom is 0.225 e. The van der Waals surface area contributed by atoms with Gasteiger partial charge in [0.1, 0.15) is 6.10 Å². The summed E-state index contributed by atoms with van der Waals surface area (Å²) in [5.41, 5.74) is 11.0. The Labute approximate surface area is 153 Å². The number of hydrogen-bond donors (Lipinski definition) is 2. The first kappa shape index (κ1) is 16.8. The number of nitrogen functional groups attached to an aromatic ring is 1. The quantitative estimate of drug-likeness (QED) is 0.827. The van der Waals surface area contributed by atoms with Crippen LogP contribution < -0.4 is 15.4 Å². The van der Waals surface area contributed by atoms with Crippen molar-refractivity contribution in [3.05, 3.63) is 47.2 Å². The standard InChI is InChI=1S/C20H24N4O2/c1-24-10-6-14-15(3-2-4-17(14)24)19(22)18-16(21)5-9-23-20(18)26-13-7-11-25-12-8-13/h2-5,9,13,22H,6-8,10-12H2,1H3,(H2,21,23). The lowest BCUT2D eigenvalue weighted by atomic mass is 9.95. The molecule has 6 heteroatoms. The number of nitrogens with zero attached hydrogens (tertiary/aromatic N) is 2. The number of nitrogens with two attached hydrogens (primary N) is 1. The molecular formula is C20H24N4O2. The monoisotopic (exact) mass is 352 g/mol. The van der Waals surface area contributed by atoms with E-state index in [2.05, 4.69) is 23.0 Å². The van der Waals surface area contributed by atoms with Crippen LogP contribution in [0.4, 0.5) is 11.4 Å². The Balaban J connectivity index is 1.70. The van der Waals surface area contributed by atoms with Crippen molar-refractivity contribution in [3.63, 3.8) is 0 Å². The Hall–Kier alpha value is -2.60. The van der Waals surface area contributed by atoms with E-state index in [9.17, 15) is 0 Å². The van der Waals surface area contributed by atoms with Gasteiger partial charge in [-0.1, -0.05) is 12.1 Å². The molecule has 0 amide bonds. The zero-order chi connectivity index (χ0) is 18.1. The zero-order valence-corrected chi connectivity index (χ0v) is 15.0. The molecule has 1 fully saturated rings. The van der Waals surface area contributed by atoms with Crippen LogP contribution in [0.5, 0.6) is 5.88 Å². The minimum absolute atomic E-state index is 0.0530. The van der Waals surface area contributed by atoms with Crippen molar-refractivity contribution in [2.24, 2.45) is 0 Å². The maximum atomic E-state index is 8.86. The molecule has 2 aromatic rings. The third kappa shape index (κ3) is 3.01. The molecule has 0 atom stereocenters. The summed E-state index contributed by atoms with van der Waals surface area (Å²) in [7, 11) is 2.08. The average Bonchev–Trinajstić information content (AvgIpc) is 3.04. The zero-order valence-electron chi connectivity index (χ0n) is 15.0. The van der Waals surface area contributed by atoms with Crippen molar-refractivity contribution in [1.82, 2.24) is 4.98 Å². The molecule has 1 saturated heterocycles. The number of anilines is 2. The lowest BCUT2D eigenvalue weighted by Gasteiger charge is -2.24. The van der Waals surface area contributed by atoms with Crippen LogP contribution in [-0.4, -0.2) is 43.6 Å². The first-order valence-corrected chi connectivity index (χ1v) is 9.06. The van der Waals surface area contributed by atoms with E-state index in [0.29, 0.717) is 36.1 Å². The van der Waals surface area contributed by atoms with Gasteiger partial charge in [0.15, 0.2) is 0 Å². The molecule has 0 saturated carbocycles. The number of hydrogen-bond acceptors (Lipinski definition) is 6. The van der Waals surface area contributed by atoms with Crippen molar-refractivity contribution in [3.8, 4) is 5.88 Å². The number of aromatic nitrogens is 1. The Morgan fingerprint density at radius 3 is 2.92 bits per heavy atom. The van der Waals surface area contributed by atoms with Gasteiger partial charge in [0.05, 0.1) is 24.5 Å². The highest BCUT2D eigenvalue weighted by Gasteiger charge is 2.25. The van der Waals surface area contributed by atoms with Gasteiger partial charge in [0, 0.05) is 49.6 Å². The SMILES string of the molecule is CN1CCc2c(C(=N)c3c(N)ccnc3OC3CCOCC3)cccc21. The van der Waals surface area contributed by atoms with Crippen LogP contribution in [-0.2, 0) is 11.2 Å². The average molecular weight is 352 g/mol. The Kier molecular flexibility index (Phi) is 4.51. The summed E-state index contributed by atoms with van der Waals surface area (Å²) in [4.78, 5) is 6.61. The number of pyridine rings is 1. The number of rotatable bonds is 4. The van der Waals surface area contributed by atoms with Crippen molar-refractivity contribution in [2.75, 3.05) is 37.4 Å². The fourth-order valence-corrected chi connectivity index (χ4v) is 3.71. The molecule has 3 N–H and O–H groups in total. The summed E-state index contributed by atoms with van der Waals surface area (Å²) in [5, 5.41) is 8.86. The van der Waals surface area contributed by atoms with Gasteiger partial charge in [-0.25, -0.2) is 4.98 Å². The Morgan fingerprint density at radius 2 is 2.12 bits per heavy atom. The van der Waals surface area contributed by atoms with Crippen molar-refractivity contribution in [1.29, 1.82) is 5.41 Å². The predicted molar refractivity (Wildman–Crippen MR) is 102 cm³/mol. The summed E-state index contributed by atoms with van der Waals surface area (Å²) < 4.78 is 11.5. The van der Waals surface area contributed by atoms with Crippen LogP contribution in [0.1, 0.15) is 29.5 Å². The van der Waals surface area contributed by atoms with Gasteiger partial charge in [-0.15, -0.1) is 0 Å². The van der Waals surface area contributed by atoms with Gasteiger partial charge in [-0.3, -0.25) is 5.41 Å². The minimum Gasteiger partial charge on any atom is -0.474 e. The summed E-state index contributed by atoms with van der Waals surface area (Å²) >= 11 is 0. The summed E-state index contributed by atoms with van der Waals surface area (Å²) in [6.07, 6.45) is 4.28. The molecule has 0 bridgehead atoms. The van der Waals surface area contributed by atoms with E-state index >= 15 is 0 Å². The Bertz CT molecular complexity index is 831. The molecular weight excluding hydrogens is 328 g/mol. The molecule has 2 aliphatic rings. The van der Waals surface area contributed by atoms with Gasteiger partial charge >= 0.3 is 0 Å². The number of likely N-dealkylation sites (N-methyl/N-ethyl adjacent to an activating group) is 1. The molecule has 1 aromatic carbocycles. The molecule has 4 rings (SSSR count). The second kappa shape index (κ2) is 6.96. The third-order valence-corrected chi connectivity index (χ3v) is 5.17. The van der Waals surface area contributed by atoms with E-state index in [1.807, 2.05) is 12.1 Å². The van der Waals surface area contributed by atoms with Gasteiger partial charge < -0.3 is 20.1 Å². The highest BCUT2D eigenvalue weighted by atomic mass is 16.5. The number of ether oxygens (including phenoxy) is 2. The molecule has 26 heavy (non-hydrogen) atoms. The normalized spacial score (nSPS) is 17.2. The molecule has 1 aromatic heterocycles. The summed E-state index contributed by atoms with van der Waals surface area (Å²) in [6, 6.07) is 7.82. The van der Waals surface area contributed by atoms with Crippen molar-refractivity contribution >= 4 is 17.1 Å². The van der Waals surface area contributed by atoms with Crippen LogP contribution in [0.3, 0.4) is 0 Å². The van der Waals surface area contributed by atoms with Gasteiger partial charge in [0.2, 0.25) is 5.88 Å².